The molecule has 0 heterocycles. The molecule has 120 valence electrons. The van der Waals surface area contributed by atoms with Crippen LogP contribution in [-0.2, 0) is 6.42 Å². The standard InChI is InChI=1S/C20H29NO/c1-14-17-4-3-5-20(22-2)18(17)10-11-19(14)21(12-15-6-7-15)13-16-8-9-16/h3-5,14-16,19H,6-13H2,1-2H3. The number of nitrogens with zero attached hydrogens (tertiary/aromatic N) is 1. The van der Waals surface area contributed by atoms with E-state index in [0.717, 1.165) is 23.6 Å². The van der Waals surface area contributed by atoms with Gasteiger partial charge in [-0.15, -0.1) is 0 Å². The summed E-state index contributed by atoms with van der Waals surface area (Å²) in [6.07, 6.45) is 8.34. The van der Waals surface area contributed by atoms with Crippen molar-refractivity contribution in [2.75, 3.05) is 20.2 Å². The number of benzene rings is 1. The highest BCUT2D eigenvalue weighted by molar-refractivity contribution is 5.44. The lowest BCUT2D eigenvalue weighted by Crippen LogP contribution is -2.43. The topological polar surface area (TPSA) is 12.5 Å². The smallest absolute Gasteiger partial charge is 0.122 e. The highest BCUT2D eigenvalue weighted by atomic mass is 16.5. The molecule has 2 atom stereocenters. The molecule has 0 bridgehead atoms. The van der Waals surface area contributed by atoms with Gasteiger partial charge in [0.25, 0.3) is 0 Å². The molecule has 22 heavy (non-hydrogen) atoms. The van der Waals surface area contributed by atoms with Gasteiger partial charge in [-0.05, 0) is 73.5 Å². The molecular formula is C20H29NO. The fraction of sp³-hybridized carbons (Fsp3) is 0.700. The van der Waals surface area contributed by atoms with Crippen LogP contribution in [0.25, 0.3) is 0 Å². The molecule has 2 heteroatoms. The van der Waals surface area contributed by atoms with Gasteiger partial charge in [-0.25, -0.2) is 0 Å². The molecule has 2 nitrogen and oxygen atoms in total. The van der Waals surface area contributed by atoms with Crippen molar-refractivity contribution in [3.63, 3.8) is 0 Å². The van der Waals surface area contributed by atoms with Gasteiger partial charge in [0.2, 0.25) is 0 Å². The molecule has 0 radical (unpaired) electrons. The summed E-state index contributed by atoms with van der Waals surface area (Å²) in [5, 5.41) is 0. The minimum Gasteiger partial charge on any atom is -0.496 e. The first kappa shape index (κ1) is 14.6. The molecule has 2 saturated carbocycles. The Hall–Kier alpha value is -1.02. The average molecular weight is 299 g/mol. The van der Waals surface area contributed by atoms with Crippen LogP contribution in [0.1, 0.15) is 56.1 Å². The van der Waals surface area contributed by atoms with E-state index < -0.39 is 0 Å². The molecule has 2 unspecified atom stereocenters. The molecule has 0 spiro atoms. The molecule has 0 aromatic heterocycles. The lowest BCUT2D eigenvalue weighted by atomic mass is 9.79. The van der Waals surface area contributed by atoms with E-state index in [2.05, 4.69) is 30.0 Å². The van der Waals surface area contributed by atoms with Crippen LogP contribution in [-0.4, -0.2) is 31.1 Å². The van der Waals surface area contributed by atoms with Gasteiger partial charge in [0, 0.05) is 19.1 Å². The first-order valence-corrected chi connectivity index (χ1v) is 9.16. The Morgan fingerprint density at radius 1 is 1.05 bits per heavy atom. The molecule has 3 aliphatic carbocycles. The maximum absolute atomic E-state index is 5.59. The second-order valence-electron chi connectivity index (χ2n) is 7.76. The maximum Gasteiger partial charge on any atom is 0.122 e. The fourth-order valence-electron chi connectivity index (χ4n) is 4.33. The average Bonchev–Trinajstić information content (AvgIpc) is 3.43. The van der Waals surface area contributed by atoms with Crippen molar-refractivity contribution in [3.05, 3.63) is 29.3 Å². The highest BCUT2D eigenvalue weighted by Gasteiger charge is 2.37. The third-order valence-electron chi connectivity index (χ3n) is 6.00. The zero-order chi connectivity index (χ0) is 15.1. The van der Waals surface area contributed by atoms with Crippen molar-refractivity contribution in [1.82, 2.24) is 4.90 Å². The van der Waals surface area contributed by atoms with Crippen molar-refractivity contribution in [3.8, 4) is 5.75 Å². The Kier molecular flexibility index (Phi) is 3.89. The van der Waals surface area contributed by atoms with Crippen molar-refractivity contribution in [2.24, 2.45) is 11.8 Å². The van der Waals surface area contributed by atoms with Crippen LogP contribution in [0.2, 0.25) is 0 Å². The van der Waals surface area contributed by atoms with Crippen LogP contribution >= 0.6 is 0 Å². The fourth-order valence-corrected chi connectivity index (χ4v) is 4.33. The van der Waals surface area contributed by atoms with Gasteiger partial charge in [-0.2, -0.15) is 0 Å². The van der Waals surface area contributed by atoms with Crippen LogP contribution in [0.5, 0.6) is 5.75 Å². The molecule has 4 rings (SSSR count). The monoisotopic (exact) mass is 299 g/mol. The van der Waals surface area contributed by atoms with Crippen LogP contribution in [0, 0.1) is 11.8 Å². The molecule has 0 aliphatic heterocycles. The van der Waals surface area contributed by atoms with E-state index in [4.69, 9.17) is 4.74 Å². The summed E-state index contributed by atoms with van der Waals surface area (Å²) in [5.41, 5.74) is 3.00. The SMILES string of the molecule is COc1cccc2c1CCC(N(CC1CC1)CC1CC1)C2C. The van der Waals surface area contributed by atoms with Gasteiger partial charge >= 0.3 is 0 Å². The first-order chi connectivity index (χ1) is 10.8. The number of methoxy groups -OCH3 is 1. The van der Waals surface area contributed by atoms with Crippen LogP contribution < -0.4 is 4.74 Å². The summed E-state index contributed by atoms with van der Waals surface area (Å²) >= 11 is 0. The van der Waals surface area contributed by atoms with E-state index >= 15 is 0 Å². The predicted molar refractivity (Wildman–Crippen MR) is 90.5 cm³/mol. The summed E-state index contributed by atoms with van der Waals surface area (Å²) in [6, 6.07) is 7.36. The molecular weight excluding hydrogens is 270 g/mol. The largest absolute Gasteiger partial charge is 0.496 e. The normalized spacial score (nSPS) is 27.8. The van der Waals surface area contributed by atoms with E-state index in [-0.39, 0.29) is 0 Å². The Bertz CT molecular complexity index is 519. The molecule has 0 saturated heterocycles. The predicted octanol–water partition coefficient (Wildman–Crippen LogP) is 4.24. The van der Waals surface area contributed by atoms with Gasteiger partial charge in [0.15, 0.2) is 0 Å². The van der Waals surface area contributed by atoms with Crippen LogP contribution in [0.4, 0.5) is 0 Å². The number of ether oxygens (including phenoxy) is 1. The van der Waals surface area contributed by atoms with Gasteiger partial charge in [0.1, 0.15) is 5.75 Å². The minimum absolute atomic E-state index is 0.636. The van der Waals surface area contributed by atoms with Crippen molar-refractivity contribution >= 4 is 0 Å². The Balaban J connectivity index is 1.55. The van der Waals surface area contributed by atoms with Crippen LogP contribution in [0.15, 0.2) is 18.2 Å². The molecule has 0 amide bonds. The molecule has 1 aromatic rings. The van der Waals surface area contributed by atoms with Gasteiger partial charge < -0.3 is 4.74 Å². The number of rotatable bonds is 6. The zero-order valence-corrected chi connectivity index (χ0v) is 14.1. The number of hydrogen-bond acceptors (Lipinski definition) is 2. The Labute approximate surface area is 134 Å². The quantitative estimate of drug-likeness (QED) is 0.779. The second-order valence-corrected chi connectivity index (χ2v) is 7.76. The third kappa shape index (κ3) is 2.90. The van der Waals surface area contributed by atoms with Crippen molar-refractivity contribution < 1.29 is 4.74 Å². The van der Waals surface area contributed by atoms with Gasteiger partial charge in [-0.1, -0.05) is 19.1 Å². The lowest BCUT2D eigenvalue weighted by Gasteiger charge is -2.40. The second kappa shape index (κ2) is 5.88. The summed E-state index contributed by atoms with van der Waals surface area (Å²) in [6.45, 7) is 5.14. The van der Waals surface area contributed by atoms with E-state index in [0.29, 0.717) is 5.92 Å². The number of fused-ring (bicyclic) bond motifs is 1. The van der Waals surface area contributed by atoms with E-state index in [9.17, 15) is 0 Å². The van der Waals surface area contributed by atoms with Crippen LogP contribution in [0.3, 0.4) is 0 Å². The Morgan fingerprint density at radius 3 is 2.32 bits per heavy atom. The zero-order valence-electron chi connectivity index (χ0n) is 14.1. The summed E-state index contributed by atoms with van der Waals surface area (Å²) in [4.78, 5) is 2.86. The maximum atomic E-state index is 5.59. The van der Waals surface area contributed by atoms with Crippen molar-refractivity contribution in [2.45, 2.75) is 57.4 Å². The molecule has 3 aliphatic rings. The van der Waals surface area contributed by atoms with E-state index in [1.165, 1.54) is 62.7 Å². The first-order valence-electron chi connectivity index (χ1n) is 9.16. The highest BCUT2D eigenvalue weighted by Crippen LogP contribution is 2.42. The lowest BCUT2D eigenvalue weighted by molar-refractivity contribution is 0.145. The Morgan fingerprint density at radius 2 is 1.73 bits per heavy atom. The summed E-state index contributed by atoms with van der Waals surface area (Å²) in [7, 11) is 1.80. The minimum atomic E-state index is 0.636. The van der Waals surface area contributed by atoms with Gasteiger partial charge in [0.05, 0.1) is 7.11 Å². The third-order valence-corrected chi connectivity index (χ3v) is 6.00. The van der Waals surface area contributed by atoms with E-state index in [1.807, 2.05) is 0 Å². The molecule has 0 N–H and O–H groups in total. The molecule has 1 aromatic carbocycles. The van der Waals surface area contributed by atoms with Gasteiger partial charge in [-0.3, -0.25) is 4.90 Å². The summed E-state index contributed by atoms with van der Waals surface area (Å²) < 4.78 is 5.59. The number of hydrogen-bond donors (Lipinski definition) is 0. The van der Waals surface area contributed by atoms with Crippen molar-refractivity contribution in [1.29, 1.82) is 0 Å². The van der Waals surface area contributed by atoms with E-state index in [1.54, 1.807) is 7.11 Å². The molecule has 2 fully saturated rings. The summed E-state index contributed by atoms with van der Waals surface area (Å²) in [5.74, 6) is 3.73.